The van der Waals surface area contributed by atoms with Gasteiger partial charge in [-0.15, -0.1) is 0 Å². The van der Waals surface area contributed by atoms with Crippen LogP contribution in [0.2, 0.25) is 5.02 Å². The highest BCUT2D eigenvalue weighted by Gasteiger charge is 2.25. The van der Waals surface area contributed by atoms with E-state index in [4.69, 9.17) is 21.6 Å². The van der Waals surface area contributed by atoms with Crippen LogP contribution in [0.1, 0.15) is 36.5 Å². The first-order valence-electron chi connectivity index (χ1n) is 6.47. The zero-order valence-electron chi connectivity index (χ0n) is 10.8. The summed E-state index contributed by atoms with van der Waals surface area (Å²) in [4.78, 5) is 14.2. The number of piperidine rings is 1. The Hall–Kier alpha value is -1.04. The Balaban J connectivity index is 2.22. The average Bonchev–Trinajstić information content (AvgIpc) is 2.38. The summed E-state index contributed by atoms with van der Waals surface area (Å²) < 4.78 is 0. The lowest BCUT2D eigenvalue weighted by Gasteiger charge is -2.33. The molecule has 102 valence electrons. The molecule has 0 unspecified atom stereocenters. The molecule has 2 N–H and O–H groups in total. The second-order valence-electron chi connectivity index (χ2n) is 4.95. The van der Waals surface area contributed by atoms with E-state index in [0.29, 0.717) is 5.56 Å². The number of nitrogens with zero attached hydrogens (tertiary/aromatic N) is 1. The largest absolute Gasteiger partial charge is 0.489 e. The summed E-state index contributed by atoms with van der Waals surface area (Å²) in [5, 5.41) is 18.4. The predicted molar refractivity (Wildman–Crippen MR) is 75.6 cm³/mol. The van der Waals surface area contributed by atoms with Gasteiger partial charge >= 0.3 is 7.12 Å². The van der Waals surface area contributed by atoms with Crippen LogP contribution in [0.15, 0.2) is 18.2 Å². The van der Waals surface area contributed by atoms with Crippen molar-refractivity contribution in [3.05, 3.63) is 28.8 Å². The maximum Gasteiger partial charge on any atom is 0.489 e. The topological polar surface area (TPSA) is 60.8 Å². The van der Waals surface area contributed by atoms with Crippen molar-refractivity contribution in [3.8, 4) is 0 Å². The van der Waals surface area contributed by atoms with Crippen LogP contribution in [0.4, 0.5) is 0 Å². The van der Waals surface area contributed by atoms with Gasteiger partial charge in [-0.25, -0.2) is 0 Å². The van der Waals surface area contributed by atoms with Crippen LogP contribution in [-0.4, -0.2) is 40.6 Å². The van der Waals surface area contributed by atoms with Gasteiger partial charge in [-0.05, 0) is 38.3 Å². The molecule has 1 aliphatic heterocycles. The zero-order valence-corrected chi connectivity index (χ0v) is 11.6. The van der Waals surface area contributed by atoms with E-state index in [1.54, 1.807) is 6.07 Å². The lowest BCUT2D eigenvalue weighted by Crippen LogP contribution is -2.42. The number of hydrogen-bond donors (Lipinski definition) is 2. The Bertz CT molecular complexity index is 481. The molecule has 1 heterocycles. The number of likely N-dealkylation sites (tertiary alicyclic amines) is 1. The normalized spacial score (nSPS) is 19.4. The van der Waals surface area contributed by atoms with Gasteiger partial charge in [0.2, 0.25) is 0 Å². The Labute approximate surface area is 118 Å². The fourth-order valence-electron chi connectivity index (χ4n) is 2.44. The molecule has 0 radical (unpaired) electrons. The molecule has 1 aromatic rings. The molecule has 2 rings (SSSR count). The quantitative estimate of drug-likeness (QED) is 0.796. The summed E-state index contributed by atoms with van der Waals surface area (Å²) in [5.74, 6) is -0.0481. The van der Waals surface area contributed by atoms with E-state index >= 15 is 0 Å². The third-order valence-corrected chi connectivity index (χ3v) is 3.92. The van der Waals surface area contributed by atoms with Crippen LogP contribution >= 0.6 is 11.6 Å². The van der Waals surface area contributed by atoms with Gasteiger partial charge in [0.15, 0.2) is 0 Å². The van der Waals surface area contributed by atoms with Crippen LogP contribution < -0.4 is 5.46 Å². The van der Waals surface area contributed by atoms with E-state index in [-0.39, 0.29) is 22.4 Å². The second-order valence-corrected chi connectivity index (χ2v) is 5.36. The third kappa shape index (κ3) is 3.11. The summed E-state index contributed by atoms with van der Waals surface area (Å²) >= 11 is 5.95. The fourth-order valence-corrected chi connectivity index (χ4v) is 2.71. The maximum atomic E-state index is 12.4. The van der Waals surface area contributed by atoms with Gasteiger partial charge in [0.1, 0.15) is 0 Å². The van der Waals surface area contributed by atoms with Crippen molar-refractivity contribution in [2.45, 2.75) is 32.2 Å². The SMILES string of the molecule is C[C@@H]1CCCCN1C(=O)c1ccc(B(O)O)c(Cl)c1. The highest BCUT2D eigenvalue weighted by Crippen LogP contribution is 2.20. The molecule has 1 saturated heterocycles. The number of benzene rings is 1. The lowest BCUT2D eigenvalue weighted by atomic mass is 9.80. The first kappa shape index (κ1) is 14.4. The Kier molecular flexibility index (Phi) is 4.50. The highest BCUT2D eigenvalue weighted by atomic mass is 35.5. The van der Waals surface area contributed by atoms with Gasteiger partial charge < -0.3 is 14.9 Å². The first-order chi connectivity index (χ1) is 9.00. The summed E-state index contributed by atoms with van der Waals surface area (Å²) in [6.07, 6.45) is 3.20. The van der Waals surface area contributed by atoms with E-state index in [2.05, 4.69) is 0 Å². The predicted octanol–water partition coefficient (Wildman–Crippen LogP) is 1.03. The van der Waals surface area contributed by atoms with Crippen LogP contribution in [0.3, 0.4) is 0 Å². The summed E-state index contributed by atoms with van der Waals surface area (Å²) in [6, 6.07) is 4.81. The highest BCUT2D eigenvalue weighted by molar-refractivity contribution is 6.62. The fraction of sp³-hybridized carbons (Fsp3) is 0.462. The molecule has 1 atom stereocenters. The van der Waals surface area contributed by atoms with Gasteiger partial charge in [0, 0.05) is 28.6 Å². The Morgan fingerprint density at radius 2 is 2.16 bits per heavy atom. The molecule has 1 fully saturated rings. The molecule has 1 amide bonds. The van der Waals surface area contributed by atoms with Crippen molar-refractivity contribution >= 4 is 30.1 Å². The molecule has 4 nitrogen and oxygen atoms in total. The molecular weight excluding hydrogens is 264 g/mol. The Morgan fingerprint density at radius 3 is 2.74 bits per heavy atom. The van der Waals surface area contributed by atoms with Gasteiger partial charge in [0.25, 0.3) is 5.91 Å². The average molecular weight is 282 g/mol. The molecule has 1 aliphatic rings. The molecule has 19 heavy (non-hydrogen) atoms. The summed E-state index contributed by atoms with van der Waals surface area (Å²) in [5.41, 5.74) is 0.702. The summed E-state index contributed by atoms with van der Waals surface area (Å²) in [7, 11) is -1.62. The monoisotopic (exact) mass is 281 g/mol. The van der Waals surface area contributed by atoms with Crippen LogP contribution in [0, 0.1) is 0 Å². The minimum atomic E-state index is -1.62. The van der Waals surface area contributed by atoms with E-state index in [1.807, 2.05) is 11.8 Å². The molecule has 6 heteroatoms. The van der Waals surface area contributed by atoms with Crippen molar-refractivity contribution in [1.29, 1.82) is 0 Å². The molecule has 0 saturated carbocycles. The number of rotatable bonds is 2. The first-order valence-corrected chi connectivity index (χ1v) is 6.85. The van der Waals surface area contributed by atoms with E-state index in [0.717, 1.165) is 25.8 Å². The standard InChI is InChI=1S/C13H17BClNO3/c1-9-4-2-3-7-16(9)13(17)10-5-6-11(14(18)19)12(15)8-10/h5-6,8-9,18-19H,2-4,7H2,1H3/t9-/m1/s1. The minimum Gasteiger partial charge on any atom is -0.423 e. The van der Waals surface area contributed by atoms with Crippen LogP contribution in [0.5, 0.6) is 0 Å². The summed E-state index contributed by atoms with van der Waals surface area (Å²) in [6.45, 7) is 2.81. The molecule has 0 aliphatic carbocycles. The molecule has 0 bridgehead atoms. The van der Waals surface area contributed by atoms with Crippen molar-refractivity contribution in [2.24, 2.45) is 0 Å². The minimum absolute atomic E-state index is 0.0481. The van der Waals surface area contributed by atoms with E-state index in [9.17, 15) is 4.79 Å². The maximum absolute atomic E-state index is 12.4. The number of halogens is 1. The third-order valence-electron chi connectivity index (χ3n) is 3.59. The number of hydrogen-bond acceptors (Lipinski definition) is 3. The molecule has 0 aromatic heterocycles. The van der Waals surface area contributed by atoms with Crippen LogP contribution in [0.25, 0.3) is 0 Å². The lowest BCUT2D eigenvalue weighted by molar-refractivity contribution is 0.0635. The number of carbonyl (C=O) groups excluding carboxylic acids is 1. The van der Waals surface area contributed by atoms with Gasteiger partial charge in [-0.3, -0.25) is 4.79 Å². The number of amides is 1. The van der Waals surface area contributed by atoms with Gasteiger partial charge in [0.05, 0.1) is 0 Å². The second kappa shape index (κ2) is 5.95. The molecule has 0 spiro atoms. The van der Waals surface area contributed by atoms with Crippen molar-refractivity contribution in [2.75, 3.05) is 6.54 Å². The Morgan fingerprint density at radius 1 is 1.42 bits per heavy atom. The van der Waals surface area contributed by atoms with Crippen molar-refractivity contribution in [1.82, 2.24) is 4.90 Å². The van der Waals surface area contributed by atoms with Crippen molar-refractivity contribution < 1.29 is 14.8 Å². The van der Waals surface area contributed by atoms with E-state index in [1.165, 1.54) is 12.1 Å². The molecular formula is C13H17BClNO3. The zero-order chi connectivity index (χ0) is 14.0. The van der Waals surface area contributed by atoms with Gasteiger partial charge in [-0.1, -0.05) is 17.7 Å². The van der Waals surface area contributed by atoms with Crippen LogP contribution in [-0.2, 0) is 0 Å². The van der Waals surface area contributed by atoms with Gasteiger partial charge in [-0.2, -0.15) is 0 Å². The van der Waals surface area contributed by atoms with E-state index < -0.39 is 7.12 Å². The number of carbonyl (C=O) groups is 1. The van der Waals surface area contributed by atoms with Crippen molar-refractivity contribution in [3.63, 3.8) is 0 Å². The molecule has 1 aromatic carbocycles. The smallest absolute Gasteiger partial charge is 0.423 e.